The van der Waals surface area contributed by atoms with Gasteiger partial charge in [-0.3, -0.25) is 14.6 Å². The van der Waals surface area contributed by atoms with Crippen LogP contribution < -0.4 is 5.32 Å². The number of nitrogens with zero attached hydrogens (tertiary/aromatic N) is 4. The van der Waals surface area contributed by atoms with Crippen LogP contribution >= 0.6 is 11.6 Å². The van der Waals surface area contributed by atoms with E-state index in [0.717, 1.165) is 5.56 Å². The summed E-state index contributed by atoms with van der Waals surface area (Å²) in [5.41, 5.74) is 1.39. The molecule has 7 nitrogen and oxygen atoms in total. The average Bonchev–Trinajstić information content (AvgIpc) is 2.68. The van der Waals surface area contributed by atoms with Crippen molar-refractivity contribution in [2.24, 2.45) is 5.92 Å². The minimum atomic E-state index is -0.417. The summed E-state index contributed by atoms with van der Waals surface area (Å²) in [6.45, 7) is 2.41. The van der Waals surface area contributed by atoms with Gasteiger partial charge < -0.3 is 10.2 Å². The molecule has 1 aliphatic heterocycles. The second-order valence-electron chi connectivity index (χ2n) is 6.21. The van der Waals surface area contributed by atoms with E-state index < -0.39 is 5.92 Å². The Morgan fingerprint density at radius 3 is 2.81 bits per heavy atom. The fraction of sp³-hybridized carbons (Fsp3) is 0.316. The third-order valence-corrected chi connectivity index (χ3v) is 4.93. The summed E-state index contributed by atoms with van der Waals surface area (Å²) < 4.78 is 0. The summed E-state index contributed by atoms with van der Waals surface area (Å²) in [5.74, 6) is -0.601. The first-order valence-electron chi connectivity index (χ1n) is 8.61. The molecule has 138 valence electrons. The fourth-order valence-corrected chi connectivity index (χ4v) is 3.61. The SMILES string of the molecule is CCN1C(=O)CC[C@H](C(=O)Nc2cnc(C#N)c(Cl)c2)[C@H]1c1ccncc1. The van der Waals surface area contributed by atoms with Gasteiger partial charge in [0.1, 0.15) is 6.07 Å². The molecule has 1 N–H and O–H groups in total. The van der Waals surface area contributed by atoms with Crippen LogP contribution in [-0.4, -0.2) is 33.2 Å². The summed E-state index contributed by atoms with van der Waals surface area (Å²) in [6, 6.07) is 6.67. The van der Waals surface area contributed by atoms with Crippen molar-refractivity contribution in [2.45, 2.75) is 25.8 Å². The number of nitrogens with one attached hydrogen (secondary N) is 1. The van der Waals surface area contributed by atoms with Crippen molar-refractivity contribution in [1.82, 2.24) is 14.9 Å². The molecule has 1 saturated heterocycles. The third kappa shape index (κ3) is 3.91. The van der Waals surface area contributed by atoms with Crippen LogP contribution in [0.5, 0.6) is 0 Å². The summed E-state index contributed by atoms with van der Waals surface area (Å²) in [5, 5.41) is 11.9. The highest BCUT2D eigenvalue weighted by atomic mass is 35.5. The molecule has 0 bridgehead atoms. The number of pyridine rings is 2. The van der Waals surface area contributed by atoms with E-state index >= 15 is 0 Å². The molecule has 3 rings (SSSR count). The monoisotopic (exact) mass is 383 g/mol. The molecular formula is C19H18ClN5O2. The van der Waals surface area contributed by atoms with Crippen molar-refractivity contribution in [3.8, 4) is 6.07 Å². The predicted octanol–water partition coefficient (Wildman–Crippen LogP) is 2.94. The Balaban J connectivity index is 1.88. The Hall–Kier alpha value is -2.98. The number of rotatable bonds is 4. The Kier molecular flexibility index (Phi) is 5.67. The molecule has 2 aromatic heterocycles. The minimum Gasteiger partial charge on any atom is -0.335 e. The van der Waals surface area contributed by atoms with Crippen molar-refractivity contribution in [3.63, 3.8) is 0 Å². The van der Waals surface area contributed by atoms with Crippen LogP contribution in [0.1, 0.15) is 37.1 Å². The quantitative estimate of drug-likeness (QED) is 0.875. The Bertz CT molecular complexity index is 897. The number of aromatic nitrogens is 2. The van der Waals surface area contributed by atoms with Crippen LogP contribution in [0.2, 0.25) is 5.02 Å². The molecule has 0 aromatic carbocycles. The number of carbonyl (C=O) groups excluding carboxylic acids is 2. The summed E-state index contributed by atoms with van der Waals surface area (Å²) in [4.78, 5) is 35.0. The van der Waals surface area contributed by atoms with Gasteiger partial charge in [0, 0.05) is 25.4 Å². The van der Waals surface area contributed by atoms with Crippen molar-refractivity contribution >= 4 is 29.1 Å². The van der Waals surface area contributed by atoms with Crippen molar-refractivity contribution in [3.05, 3.63) is 53.1 Å². The second-order valence-corrected chi connectivity index (χ2v) is 6.61. The maximum atomic E-state index is 13.0. The molecule has 0 radical (unpaired) electrons. The van der Waals surface area contributed by atoms with Crippen LogP contribution in [-0.2, 0) is 9.59 Å². The molecule has 1 aliphatic rings. The second kappa shape index (κ2) is 8.14. The lowest BCUT2D eigenvalue weighted by atomic mass is 9.84. The maximum absolute atomic E-state index is 13.0. The highest BCUT2D eigenvalue weighted by Gasteiger charge is 2.39. The summed E-state index contributed by atoms with van der Waals surface area (Å²) >= 11 is 5.99. The average molecular weight is 384 g/mol. The molecular weight excluding hydrogens is 366 g/mol. The molecule has 8 heteroatoms. The van der Waals surface area contributed by atoms with Crippen LogP contribution in [0.25, 0.3) is 0 Å². The Morgan fingerprint density at radius 1 is 1.44 bits per heavy atom. The number of nitriles is 1. The van der Waals surface area contributed by atoms with Crippen LogP contribution in [0.4, 0.5) is 5.69 Å². The van der Waals surface area contributed by atoms with Gasteiger partial charge in [-0.1, -0.05) is 11.6 Å². The predicted molar refractivity (Wildman–Crippen MR) is 99.7 cm³/mol. The maximum Gasteiger partial charge on any atom is 0.229 e. The van der Waals surface area contributed by atoms with Gasteiger partial charge in [0.15, 0.2) is 5.69 Å². The van der Waals surface area contributed by atoms with Gasteiger partial charge in [0.2, 0.25) is 11.8 Å². The lowest BCUT2D eigenvalue weighted by molar-refractivity contribution is -0.141. The van der Waals surface area contributed by atoms with Crippen molar-refractivity contribution in [1.29, 1.82) is 5.26 Å². The van der Waals surface area contributed by atoms with Gasteiger partial charge in [0.25, 0.3) is 0 Å². The molecule has 0 aliphatic carbocycles. The summed E-state index contributed by atoms with van der Waals surface area (Å²) in [6.07, 6.45) is 5.48. The van der Waals surface area contributed by atoms with Gasteiger partial charge in [-0.2, -0.15) is 5.26 Å². The van der Waals surface area contributed by atoms with E-state index in [1.54, 1.807) is 17.3 Å². The number of amides is 2. The smallest absolute Gasteiger partial charge is 0.229 e. The lowest BCUT2D eigenvalue weighted by Gasteiger charge is -2.40. The molecule has 1 fully saturated rings. The zero-order valence-electron chi connectivity index (χ0n) is 14.7. The normalized spacial score (nSPS) is 19.4. The van der Waals surface area contributed by atoms with Crippen LogP contribution in [0.15, 0.2) is 36.8 Å². The first-order chi connectivity index (χ1) is 13.0. The largest absolute Gasteiger partial charge is 0.335 e. The third-order valence-electron chi connectivity index (χ3n) is 4.65. The van der Waals surface area contributed by atoms with E-state index in [2.05, 4.69) is 15.3 Å². The number of likely N-dealkylation sites (tertiary alicyclic amines) is 1. The molecule has 2 atom stereocenters. The van der Waals surface area contributed by atoms with Gasteiger partial charge in [0.05, 0.1) is 28.9 Å². The topological polar surface area (TPSA) is 99.0 Å². The molecule has 27 heavy (non-hydrogen) atoms. The van der Waals surface area contributed by atoms with Crippen LogP contribution in [0, 0.1) is 17.2 Å². The van der Waals surface area contributed by atoms with E-state index in [0.29, 0.717) is 25.1 Å². The highest BCUT2D eigenvalue weighted by Crippen LogP contribution is 2.37. The van der Waals surface area contributed by atoms with E-state index in [9.17, 15) is 9.59 Å². The highest BCUT2D eigenvalue weighted by molar-refractivity contribution is 6.31. The number of piperidine rings is 1. The van der Waals surface area contributed by atoms with Crippen molar-refractivity contribution < 1.29 is 9.59 Å². The number of anilines is 1. The number of hydrogen-bond donors (Lipinski definition) is 1. The Morgan fingerprint density at radius 2 is 2.19 bits per heavy atom. The molecule has 2 amide bonds. The minimum absolute atomic E-state index is 0.0337. The number of hydrogen-bond acceptors (Lipinski definition) is 5. The zero-order chi connectivity index (χ0) is 19.4. The molecule has 0 saturated carbocycles. The number of carbonyl (C=O) groups is 2. The van der Waals surface area contributed by atoms with Gasteiger partial charge in [-0.05, 0) is 37.1 Å². The fourth-order valence-electron chi connectivity index (χ4n) is 3.40. The van der Waals surface area contributed by atoms with E-state index in [-0.39, 0.29) is 28.6 Å². The van der Waals surface area contributed by atoms with E-state index in [4.69, 9.17) is 16.9 Å². The molecule has 0 spiro atoms. The zero-order valence-corrected chi connectivity index (χ0v) is 15.5. The molecule has 2 aromatic rings. The molecule has 3 heterocycles. The lowest BCUT2D eigenvalue weighted by Crippen LogP contribution is -2.46. The molecule has 0 unspecified atom stereocenters. The van der Waals surface area contributed by atoms with Crippen molar-refractivity contribution in [2.75, 3.05) is 11.9 Å². The number of halogens is 1. The Labute approximate surface area is 162 Å². The van der Waals surface area contributed by atoms with E-state index in [1.165, 1.54) is 12.3 Å². The van der Waals surface area contributed by atoms with Gasteiger partial charge in [-0.25, -0.2) is 4.98 Å². The standard InChI is InChI=1S/C19H18ClN5O2/c1-2-25-17(26)4-3-14(18(25)12-5-7-22-8-6-12)19(27)24-13-9-15(20)16(10-21)23-11-13/h5-9,11,14,18H,2-4H2,1H3,(H,24,27)/t14-,18+/m0/s1. The summed E-state index contributed by atoms with van der Waals surface area (Å²) in [7, 11) is 0. The van der Waals surface area contributed by atoms with E-state index in [1.807, 2.05) is 25.1 Å². The first-order valence-corrected chi connectivity index (χ1v) is 8.98. The van der Waals surface area contributed by atoms with Gasteiger partial charge >= 0.3 is 0 Å². The van der Waals surface area contributed by atoms with Crippen LogP contribution in [0.3, 0.4) is 0 Å². The van der Waals surface area contributed by atoms with Gasteiger partial charge in [-0.15, -0.1) is 0 Å². The first kappa shape index (κ1) is 18.8.